The molecular formula is C23H23N3O2S. The van der Waals surface area contributed by atoms with Crippen LogP contribution in [0.4, 0.5) is 0 Å². The molecule has 0 radical (unpaired) electrons. The number of carbonyl (C=O) groups excluding carboxylic acids is 1. The van der Waals surface area contributed by atoms with Gasteiger partial charge in [-0.25, -0.2) is 4.98 Å². The topological polar surface area (TPSA) is 60.1 Å². The summed E-state index contributed by atoms with van der Waals surface area (Å²) in [5, 5.41) is 4.96. The molecule has 0 fully saturated rings. The SMILES string of the molecule is Cc1ccc(CSc2nccc3c2ccn3CC(=O)NCc2ccc(C)o2)cc1. The number of rotatable bonds is 7. The van der Waals surface area contributed by atoms with Crippen LogP contribution in [0.3, 0.4) is 0 Å². The number of thioether (sulfide) groups is 1. The third-order valence-corrected chi connectivity index (χ3v) is 5.80. The van der Waals surface area contributed by atoms with Gasteiger partial charge in [-0.2, -0.15) is 0 Å². The molecule has 0 spiro atoms. The Morgan fingerprint density at radius 1 is 1.10 bits per heavy atom. The van der Waals surface area contributed by atoms with Gasteiger partial charge in [-0.15, -0.1) is 11.8 Å². The summed E-state index contributed by atoms with van der Waals surface area (Å²) in [4.78, 5) is 16.9. The highest BCUT2D eigenvalue weighted by atomic mass is 32.2. The van der Waals surface area contributed by atoms with Crippen LogP contribution in [-0.4, -0.2) is 15.5 Å². The molecule has 4 aromatic rings. The van der Waals surface area contributed by atoms with E-state index in [2.05, 4.69) is 41.5 Å². The minimum absolute atomic E-state index is 0.0535. The van der Waals surface area contributed by atoms with Crippen molar-refractivity contribution >= 4 is 28.6 Å². The number of furan rings is 1. The third kappa shape index (κ3) is 4.71. The van der Waals surface area contributed by atoms with Gasteiger partial charge in [0, 0.05) is 23.5 Å². The third-order valence-electron chi connectivity index (χ3n) is 4.73. The zero-order valence-electron chi connectivity index (χ0n) is 16.5. The second kappa shape index (κ2) is 8.57. The molecule has 0 bridgehead atoms. The van der Waals surface area contributed by atoms with Crippen LogP contribution >= 0.6 is 11.8 Å². The summed E-state index contributed by atoms with van der Waals surface area (Å²) >= 11 is 1.71. The van der Waals surface area contributed by atoms with Crippen LogP contribution in [0.2, 0.25) is 0 Å². The smallest absolute Gasteiger partial charge is 0.240 e. The number of benzene rings is 1. The molecule has 0 atom stereocenters. The van der Waals surface area contributed by atoms with E-state index in [0.29, 0.717) is 6.54 Å². The van der Waals surface area contributed by atoms with Gasteiger partial charge < -0.3 is 14.3 Å². The van der Waals surface area contributed by atoms with Crippen molar-refractivity contribution in [1.29, 1.82) is 0 Å². The Morgan fingerprint density at radius 3 is 2.69 bits per heavy atom. The fourth-order valence-electron chi connectivity index (χ4n) is 3.16. The Morgan fingerprint density at radius 2 is 1.93 bits per heavy atom. The number of aromatic nitrogens is 2. The van der Waals surface area contributed by atoms with E-state index in [0.717, 1.165) is 33.2 Å². The minimum atomic E-state index is -0.0535. The predicted molar refractivity (Wildman–Crippen MR) is 116 cm³/mol. The van der Waals surface area contributed by atoms with Gasteiger partial charge in [0.05, 0.1) is 12.1 Å². The van der Waals surface area contributed by atoms with E-state index >= 15 is 0 Å². The van der Waals surface area contributed by atoms with Gasteiger partial charge in [-0.05, 0) is 43.7 Å². The Bertz CT molecular complexity index is 1130. The van der Waals surface area contributed by atoms with E-state index in [1.54, 1.807) is 18.0 Å². The van der Waals surface area contributed by atoms with Crippen molar-refractivity contribution in [2.75, 3.05) is 0 Å². The lowest BCUT2D eigenvalue weighted by Crippen LogP contribution is -2.26. The molecule has 0 aliphatic heterocycles. The van der Waals surface area contributed by atoms with E-state index in [1.807, 2.05) is 42.0 Å². The number of aryl methyl sites for hydroxylation is 2. The van der Waals surface area contributed by atoms with E-state index in [4.69, 9.17) is 4.42 Å². The number of nitrogens with zero attached hydrogens (tertiary/aromatic N) is 2. The average Bonchev–Trinajstić information content (AvgIpc) is 3.32. The molecular weight excluding hydrogens is 382 g/mol. The standard InChI is InChI=1S/C23H23N3O2S/c1-16-3-6-18(7-4-16)15-29-23-20-10-12-26(21(20)9-11-24-23)14-22(27)25-13-19-8-5-17(2)28-19/h3-12H,13-15H2,1-2H3,(H,25,27). The number of fused-ring (bicyclic) bond motifs is 1. The molecule has 1 N–H and O–H groups in total. The van der Waals surface area contributed by atoms with Crippen molar-refractivity contribution in [1.82, 2.24) is 14.9 Å². The lowest BCUT2D eigenvalue weighted by atomic mass is 10.2. The van der Waals surface area contributed by atoms with Gasteiger partial charge in [0.15, 0.2) is 0 Å². The molecule has 6 heteroatoms. The van der Waals surface area contributed by atoms with Gasteiger partial charge in [0.25, 0.3) is 0 Å². The van der Waals surface area contributed by atoms with Crippen LogP contribution < -0.4 is 5.32 Å². The molecule has 0 saturated heterocycles. The van der Waals surface area contributed by atoms with Crippen molar-refractivity contribution in [2.24, 2.45) is 0 Å². The first-order chi connectivity index (χ1) is 14.1. The molecule has 4 rings (SSSR count). The molecule has 0 saturated carbocycles. The number of carbonyl (C=O) groups is 1. The lowest BCUT2D eigenvalue weighted by Gasteiger charge is -2.08. The summed E-state index contributed by atoms with van der Waals surface area (Å²) < 4.78 is 7.45. The largest absolute Gasteiger partial charge is 0.465 e. The normalized spacial score (nSPS) is 11.1. The highest BCUT2D eigenvalue weighted by Crippen LogP contribution is 2.29. The fourth-order valence-corrected chi connectivity index (χ4v) is 4.12. The zero-order chi connectivity index (χ0) is 20.2. The molecule has 5 nitrogen and oxygen atoms in total. The van der Waals surface area contributed by atoms with E-state index in [9.17, 15) is 4.79 Å². The molecule has 1 aromatic carbocycles. The maximum absolute atomic E-state index is 12.4. The maximum Gasteiger partial charge on any atom is 0.240 e. The van der Waals surface area contributed by atoms with Crippen LogP contribution in [-0.2, 0) is 23.6 Å². The molecule has 148 valence electrons. The van der Waals surface area contributed by atoms with E-state index < -0.39 is 0 Å². The van der Waals surface area contributed by atoms with Crippen LogP contribution in [0.15, 0.2) is 70.4 Å². The summed E-state index contributed by atoms with van der Waals surface area (Å²) in [6, 6.07) is 16.3. The molecule has 1 amide bonds. The van der Waals surface area contributed by atoms with E-state index in [1.165, 1.54) is 11.1 Å². The van der Waals surface area contributed by atoms with Gasteiger partial charge in [-0.3, -0.25) is 4.79 Å². The number of nitrogens with one attached hydrogen (secondary N) is 1. The second-order valence-electron chi connectivity index (χ2n) is 7.06. The molecule has 3 aromatic heterocycles. The zero-order valence-corrected chi connectivity index (χ0v) is 17.3. The van der Waals surface area contributed by atoms with Gasteiger partial charge >= 0.3 is 0 Å². The maximum atomic E-state index is 12.4. The van der Waals surface area contributed by atoms with Gasteiger partial charge in [0.2, 0.25) is 5.91 Å². The quantitative estimate of drug-likeness (QED) is 0.446. The molecule has 0 aliphatic carbocycles. The summed E-state index contributed by atoms with van der Waals surface area (Å²) in [5.74, 6) is 2.41. The minimum Gasteiger partial charge on any atom is -0.465 e. The summed E-state index contributed by atoms with van der Waals surface area (Å²) in [7, 11) is 0. The van der Waals surface area contributed by atoms with Crippen LogP contribution in [0.25, 0.3) is 10.9 Å². The number of pyridine rings is 1. The fraction of sp³-hybridized carbons (Fsp3) is 0.217. The predicted octanol–water partition coefficient (Wildman–Crippen LogP) is 4.85. The first kappa shape index (κ1) is 19.3. The van der Waals surface area contributed by atoms with Crippen molar-refractivity contribution < 1.29 is 9.21 Å². The van der Waals surface area contributed by atoms with Crippen LogP contribution in [0.1, 0.15) is 22.6 Å². The highest BCUT2D eigenvalue weighted by Gasteiger charge is 2.11. The summed E-state index contributed by atoms with van der Waals surface area (Å²) in [5.41, 5.74) is 3.54. The van der Waals surface area contributed by atoms with Gasteiger partial charge in [0.1, 0.15) is 23.1 Å². The monoisotopic (exact) mass is 405 g/mol. The average molecular weight is 406 g/mol. The molecule has 29 heavy (non-hydrogen) atoms. The highest BCUT2D eigenvalue weighted by molar-refractivity contribution is 7.98. The van der Waals surface area contributed by atoms with Crippen molar-refractivity contribution in [3.05, 3.63) is 83.6 Å². The van der Waals surface area contributed by atoms with Gasteiger partial charge in [-0.1, -0.05) is 29.8 Å². The summed E-state index contributed by atoms with van der Waals surface area (Å²) in [6.45, 7) is 4.63. The van der Waals surface area contributed by atoms with Crippen molar-refractivity contribution in [3.63, 3.8) is 0 Å². The van der Waals surface area contributed by atoms with E-state index in [-0.39, 0.29) is 12.5 Å². The first-order valence-corrected chi connectivity index (χ1v) is 10.5. The summed E-state index contributed by atoms with van der Waals surface area (Å²) in [6.07, 6.45) is 3.75. The second-order valence-corrected chi connectivity index (χ2v) is 8.02. The van der Waals surface area contributed by atoms with Crippen molar-refractivity contribution in [3.8, 4) is 0 Å². The van der Waals surface area contributed by atoms with Crippen LogP contribution in [0.5, 0.6) is 0 Å². The van der Waals surface area contributed by atoms with Crippen molar-refractivity contribution in [2.45, 2.75) is 37.7 Å². The Hall–Kier alpha value is -2.99. The lowest BCUT2D eigenvalue weighted by molar-refractivity contribution is -0.121. The number of hydrogen-bond donors (Lipinski definition) is 1. The Labute approximate surface area is 174 Å². The number of hydrogen-bond acceptors (Lipinski definition) is 4. The van der Waals surface area contributed by atoms with Crippen LogP contribution in [0, 0.1) is 13.8 Å². The first-order valence-electron chi connectivity index (χ1n) is 9.53. The molecule has 0 aliphatic rings. The Kier molecular flexibility index (Phi) is 5.71. The Balaban J connectivity index is 1.42. The molecule has 3 heterocycles. The molecule has 0 unspecified atom stereocenters. The number of amides is 1.